The van der Waals surface area contributed by atoms with Gasteiger partial charge in [0, 0.05) is 18.9 Å². The summed E-state index contributed by atoms with van der Waals surface area (Å²) in [5.41, 5.74) is 0.342. The lowest BCUT2D eigenvalue weighted by molar-refractivity contribution is 0.584. The molecule has 0 unspecified atom stereocenters. The number of aryl methyl sites for hydroxylation is 1. The molecule has 6 nitrogen and oxygen atoms in total. The number of nitriles is 1. The van der Waals surface area contributed by atoms with E-state index in [0.29, 0.717) is 18.7 Å². The number of hydrogen-bond donors (Lipinski definition) is 1. The Morgan fingerprint density at radius 2 is 2.24 bits per heavy atom. The Morgan fingerprint density at radius 3 is 2.95 bits per heavy atom. The molecule has 0 amide bonds. The van der Waals surface area contributed by atoms with Gasteiger partial charge in [-0.15, -0.1) is 0 Å². The third kappa shape index (κ3) is 3.68. The van der Waals surface area contributed by atoms with Crippen LogP contribution in [0.3, 0.4) is 0 Å². The summed E-state index contributed by atoms with van der Waals surface area (Å²) in [6.45, 7) is 0.910. The molecule has 0 atom stereocenters. The molecule has 1 aromatic carbocycles. The first-order valence-electron chi connectivity index (χ1n) is 6.44. The van der Waals surface area contributed by atoms with Crippen LogP contribution in [0.15, 0.2) is 41.6 Å². The molecule has 0 aliphatic heterocycles. The zero-order valence-corrected chi connectivity index (χ0v) is 12.5. The predicted molar refractivity (Wildman–Crippen MR) is 78.2 cm³/mol. The molecule has 0 saturated heterocycles. The molecule has 7 heteroatoms. The Balaban J connectivity index is 2.14. The molecule has 0 aliphatic rings. The van der Waals surface area contributed by atoms with Crippen LogP contribution >= 0.6 is 0 Å². The first-order chi connectivity index (χ1) is 10.1. The molecule has 110 valence electrons. The van der Waals surface area contributed by atoms with Crippen LogP contribution in [0.4, 0.5) is 0 Å². The lowest BCUT2D eigenvalue weighted by atomic mass is 10.2. The van der Waals surface area contributed by atoms with Crippen LogP contribution < -0.4 is 5.32 Å². The van der Waals surface area contributed by atoms with Crippen molar-refractivity contribution in [3.63, 3.8) is 0 Å². The topological polar surface area (TPSA) is 87.8 Å². The maximum atomic E-state index is 12.3. The monoisotopic (exact) mass is 304 g/mol. The first kappa shape index (κ1) is 15.2. The van der Waals surface area contributed by atoms with Gasteiger partial charge in [-0.25, -0.2) is 13.4 Å². The van der Waals surface area contributed by atoms with Gasteiger partial charge in [-0.05, 0) is 25.2 Å². The average molecular weight is 304 g/mol. The normalized spacial score (nSPS) is 11.2. The molecule has 2 aromatic rings. The van der Waals surface area contributed by atoms with Crippen molar-refractivity contribution < 1.29 is 8.42 Å². The van der Waals surface area contributed by atoms with Gasteiger partial charge in [-0.3, -0.25) is 0 Å². The molecular formula is C14H16N4O2S. The third-order valence-corrected chi connectivity index (χ3v) is 4.75. The van der Waals surface area contributed by atoms with Crippen molar-refractivity contribution in [1.29, 1.82) is 5.26 Å². The van der Waals surface area contributed by atoms with E-state index in [4.69, 9.17) is 5.26 Å². The van der Waals surface area contributed by atoms with E-state index in [-0.39, 0.29) is 10.6 Å². The molecule has 0 saturated carbocycles. The smallest absolute Gasteiger partial charge is 0.180 e. The number of nitrogens with one attached hydrogen (secondary N) is 1. The number of aromatic nitrogens is 2. The summed E-state index contributed by atoms with van der Waals surface area (Å²) >= 11 is 0. The second-order valence-electron chi connectivity index (χ2n) is 4.53. The van der Waals surface area contributed by atoms with E-state index in [0.717, 1.165) is 5.82 Å². The number of sulfone groups is 1. The van der Waals surface area contributed by atoms with E-state index in [1.807, 2.05) is 17.7 Å². The zero-order chi connectivity index (χ0) is 15.3. The summed E-state index contributed by atoms with van der Waals surface area (Å²) in [7, 11) is -1.61. The number of nitrogens with zero attached hydrogens (tertiary/aromatic N) is 3. The average Bonchev–Trinajstić information content (AvgIpc) is 2.93. The fraction of sp³-hybridized carbons (Fsp3) is 0.286. The molecule has 0 fully saturated rings. The van der Waals surface area contributed by atoms with Gasteiger partial charge in [-0.2, -0.15) is 5.26 Å². The molecule has 0 bridgehead atoms. The van der Waals surface area contributed by atoms with Gasteiger partial charge in [0.2, 0.25) is 0 Å². The van der Waals surface area contributed by atoms with Crippen LogP contribution in [0.5, 0.6) is 0 Å². The minimum absolute atomic E-state index is 0.0328. The summed E-state index contributed by atoms with van der Waals surface area (Å²) in [5, 5.41) is 11.8. The zero-order valence-electron chi connectivity index (χ0n) is 11.7. The highest BCUT2D eigenvalue weighted by Gasteiger charge is 2.15. The number of hydrogen-bond acceptors (Lipinski definition) is 5. The van der Waals surface area contributed by atoms with Gasteiger partial charge in [0.1, 0.15) is 5.82 Å². The van der Waals surface area contributed by atoms with Crippen molar-refractivity contribution in [2.75, 3.05) is 12.8 Å². The van der Waals surface area contributed by atoms with E-state index < -0.39 is 9.84 Å². The van der Waals surface area contributed by atoms with Crippen molar-refractivity contribution in [2.45, 2.75) is 18.0 Å². The molecule has 1 heterocycles. The van der Waals surface area contributed by atoms with E-state index in [2.05, 4.69) is 10.3 Å². The fourth-order valence-electron chi connectivity index (χ4n) is 1.96. The number of imidazole rings is 1. The second-order valence-corrected chi connectivity index (χ2v) is 6.63. The van der Waals surface area contributed by atoms with Gasteiger partial charge in [-0.1, -0.05) is 6.07 Å². The SMILES string of the molecule is CNCc1nccn1CCS(=O)(=O)c1cccc(C#N)c1. The quantitative estimate of drug-likeness (QED) is 0.858. The maximum Gasteiger partial charge on any atom is 0.180 e. The van der Waals surface area contributed by atoms with Crippen LogP contribution in [-0.2, 0) is 22.9 Å². The number of benzene rings is 1. The Kier molecular flexibility index (Phi) is 4.73. The van der Waals surface area contributed by atoms with Gasteiger partial charge in [0.15, 0.2) is 9.84 Å². The molecule has 0 spiro atoms. The molecule has 1 aromatic heterocycles. The Hall–Kier alpha value is -2.17. The van der Waals surface area contributed by atoms with Crippen LogP contribution in [-0.4, -0.2) is 30.8 Å². The molecule has 0 radical (unpaired) electrons. The summed E-state index contributed by atoms with van der Waals surface area (Å²) in [6, 6.07) is 8.02. The Morgan fingerprint density at radius 1 is 1.43 bits per heavy atom. The van der Waals surface area contributed by atoms with Gasteiger partial charge in [0.25, 0.3) is 0 Å². The van der Waals surface area contributed by atoms with E-state index in [9.17, 15) is 8.42 Å². The first-order valence-corrected chi connectivity index (χ1v) is 8.09. The third-order valence-electron chi connectivity index (χ3n) is 3.06. The second kappa shape index (κ2) is 6.52. The number of rotatable bonds is 6. The Labute approximate surface area is 124 Å². The van der Waals surface area contributed by atoms with Crippen LogP contribution in [0, 0.1) is 11.3 Å². The van der Waals surface area contributed by atoms with Crippen LogP contribution in [0.2, 0.25) is 0 Å². The highest BCUT2D eigenvalue weighted by molar-refractivity contribution is 7.91. The van der Waals surface area contributed by atoms with Gasteiger partial charge < -0.3 is 9.88 Å². The Bertz CT molecular complexity index is 759. The van der Waals surface area contributed by atoms with Crippen molar-refractivity contribution in [1.82, 2.24) is 14.9 Å². The molecule has 1 N–H and O–H groups in total. The summed E-state index contributed by atoms with van der Waals surface area (Å²) in [6.07, 6.45) is 3.41. The largest absolute Gasteiger partial charge is 0.333 e. The highest BCUT2D eigenvalue weighted by atomic mass is 32.2. The summed E-state index contributed by atoms with van der Waals surface area (Å²) < 4.78 is 26.4. The highest BCUT2D eigenvalue weighted by Crippen LogP contribution is 2.13. The van der Waals surface area contributed by atoms with Gasteiger partial charge >= 0.3 is 0 Å². The standard InChI is InChI=1S/C14H16N4O2S/c1-16-11-14-17-5-6-18(14)7-8-21(19,20)13-4-2-3-12(9-13)10-15/h2-6,9,16H,7-8,11H2,1H3. The maximum absolute atomic E-state index is 12.3. The minimum atomic E-state index is -3.42. The van der Waals surface area contributed by atoms with Crippen molar-refractivity contribution >= 4 is 9.84 Å². The van der Waals surface area contributed by atoms with Crippen LogP contribution in [0.1, 0.15) is 11.4 Å². The molecule has 2 rings (SSSR count). The van der Waals surface area contributed by atoms with Crippen LogP contribution in [0.25, 0.3) is 0 Å². The van der Waals surface area contributed by atoms with E-state index in [1.165, 1.54) is 12.1 Å². The molecular weight excluding hydrogens is 288 g/mol. The fourth-order valence-corrected chi connectivity index (χ4v) is 3.23. The summed E-state index contributed by atoms with van der Waals surface area (Å²) in [4.78, 5) is 4.35. The minimum Gasteiger partial charge on any atom is -0.333 e. The molecule has 0 aliphatic carbocycles. The predicted octanol–water partition coefficient (Wildman–Crippen LogP) is 0.948. The summed E-state index contributed by atoms with van der Waals surface area (Å²) in [5.74, 6) is 0.757. The van der Waals surface area contributed by atoms with E-state index in [1.54, 1.807) is 24.5 Å². The lowest BCUT2D eigenvalue weighted by Crippen LogP contribution is -2.17. The van der Waals surface area contributed by atoms with E-state index >= 15 is 0 Å². The van der Waals surface area contributed by atoms with Crippen molar-refractivity contribution in [2.24, 2.45) is 0 Å². The van der Waals surface area contributed by atoms with Crippen molar-refractivity contribution in [3.8, 4) is 6.07 Å². The lowest BCUT2D eigenvalue weighted by Gasteiger charge is -2.08. The van der Waals surface area contributed by atoms with Gasteiger partial charge in [0.05, 0.1) is 28.8 Å². The molecule has 21 heavy (non-hydrogen) atoms. The van der Waals surface area contributed by atoms with Crippen molar-refractivity contribution in [3.05, 3.63) is 48.0 Å².